The number of alkyl halides is 2. The quantitative estimate of drug-likeness (QED) is 0.489. The molecule has 0 aromatic rings. The lowest BCUT2D eigenvalue weighted by atomic mass is 9.16. The van der Waals surface area contributed by atoms with Gasteiger partial charge < -0.3 is 29.6 Å². The third-order valence-electron chi connectivity index (χ3n) is 13.9. The summed E-state index contributed by atoms with van der Waals surface area (Å²) in [6.07, 6.45) is 0. The molecule has 14 rings (SSSR count). The molecule has 2 amide bonds. The first-order chi connectivity index (χ1) is 15.5. The van der Waals surface area contributed by atoms with Crippen LogP contribution in [0.2, 0.25) is 0 Å². The van der Waals surface area contributed by atoms with E-state index >= 15 is 0 Å². The molecule has 14 fully saturated rings. The second kappa shape index (κ2) is 3.88. The third kappa shape index (κ3) is 0.921. The highest BCUT2D eigenvalue weighted by Gasteiger charge is 3.11. The predicted octanol–water partition coefficient (Wildman–Crippen LogP) is 1.05. The van der Waals surface area contributed by atoms with Gasteiger partial charge in [-0.25, -0.2) is 4.79 Å². The SMILES string of the molecule is O=C(NC12C3[C@H]4[C@H]1C1[C@@H]2[C@H]3C4(Br)C12OCCO2)NC12C3[C@H]4[C@H]1C1[C@@H]2[C@H]3C4(Br)C12OCCO2. The molecule has 7 nitrogen and oxygen atoms in total. The van der Waals surface area contributed by atoms with Gasteiger partial charge in [-0.15, -0.1) is 0 Å². The van der Waals surface area contributed by atoms with Crippen LogP contribution in [0.4, 0.5) is 4.79 Å². The maximum Gasteiger partial charge on any atom is 0.315 e. The minimum absolute atomic E-state index is 0.0104. The molecule has 0 radical (unpaired) electrons. The molecular formula is C23H22Br2N2O5. The third-order valence-corrected chi connectivity index (χ3v) is 17.2. The van der Waals surface area contributed by atoms with Crippen molar-refractivity contribution < 1.29 is 23.7 Å². The van der Waals surface area contributed by atoms with Crippen LogP contribution < -0.4 is 10.6 Å². The van der Waals surface area contributed by atoms with E-state index in [4.69, 9.17) is 18.9 Å². The van der Waals surface area contributed by atoms with Crippen molar-refractivity contribution in [1.82, 2.24) is 10.6 Å². The van der Waals surface area contributed by atoms with Crippen molar-refractivity contribution in [3.05, 3.63) is 0 Å². The number of carbonyl (C=O) groups excluding carboxylic acids is 1. The van der Waals surface area contributed by atoms with Gasteiger partial charge in [-0.1, -0.05) is 31.9 Å². The van der Waals surface area contributed by atoms with Gasteiger partial charge in [-0.05, 0) is 59.2 Å². The van der Waals surface area contributed by atoms with Crippen LogP contribution in [-0.4, -0.2) is 63.8 Å². The summed E-state index contributed by atoms with van der Waals surface area (Å²) in [5.74, 6) is 5.84. The highest BCUT2D eigenvalue weighted by molar-refractivity contribution is 9.10. The van der Waals surface area contributed by atoms with Gasteiger partial charge in [0.05, 0.1) is 46.2 Å². The number of amides is 2. The number of carbonyl (C=O) groups is 1. The molecule has 12 aliphatic carbocycles. The van der Waals surface area contributed by atoms with Crippen LogP contribution in [0.25, 0.3) is 0 Å². The zero-order valence-corrected chi connectivity index (χ0v) is 20.2. The minimum atomic E-state index is -0.415. The van der Waals surface area contributed by atoms with Crippen LogP contribution >= 0.6 is 31.9 Å². The second-order valence-electron chi connectivity index (χ2n) is 13.0. The summed E-state index contributed by atoms with van der Waals surface area (Å²) < 4.78 is 25.1. The Hall–Kier alpha value is 0.0700. The number of ether oxygens (including phenoxy) is 4. The Labute approximate surface area is 200 Å². The smallest absolute Gasteiger partial charge is 0.315 e. The molecule has 9 heteroatoms. The summed E-state index contributed by atoms with van der Waals surface area (Å²) in [5, 5.41) is 7.13. The summed E-state index contributed by atoms with van der Waals surface area (Å²) >= 11 is 8.23. The van der Waals surface area contributed by atoms with Crippen molar-refractivity contribution >= 4 is 37.9 Å². The highest BCUT2D eigenvalue weighted by atomic mass is 79.9. The molecule has 32 heavy (non-hydrogen) atoms. The topological polar surface area (TPSA) is 78.1 Å². The van der Waals surface area contributed by atoms with Gasteiger partial charge in [0.25, 0.3) is 0 Å². The average molecular weight is 566 g/mol. The van der Waals surface area contributed by atoms with Gasteiger partial charge in [0.1, 0.15) is 0 Å². The fourth-order valence-electron chi connectivity index (χ4n) is 14.2. The molecule has 2 spiro atoms. The molecule has 2 saturated heterocycles. The number of rotatable bonds is 2. The Morgan fingerprint density at radius 1 is 0.562 bits per heavy atom. The second-order valence-corrected chi connectivity index (χ2v) is 15.6. The van der Waals surface area contributed by atoms with Gasteiger partial charge in [0.15, 0.2) is 11.6 Å². The van der Waals surface area contributed by atoms with Crippen molar-refractivity contribution in [2.75, 3.05) is 26.4 Å². The molecule has 8 atom stereocenters. The predicted molar refractivity (Wildman–Crippen MR) is 112 cm³/mol. The molecule has 0 aromatic carbocycles. The lowest BCUT2D eigenvalue weighted by molar-refractivity contribution is -0.397. The number of hydrogen-bond donors (Lipinski definition) is 2. The summed E-state index contributed by atoms with van der Waals surface area (Å²) in [7, 11) is 0. The molecule has 2 N–H and O–H groups in total. The molecule has 0 aromatic heterocycles. The first-order valence-electron chi connectivity index (χ1n) is 12.5. The van der Waals surface area contributed by atoms with Crippen LogP contribution in [-0.2, 0) is 18.9 Å². The van der Waals surface area contributed by atoms with Gasteiger partial charge in [0.2, 0.25) is 0 Å². The minimum Gasteiger partial charge on any atom is -0.346 e. The normalized spacial score (nSPS) is 77.8. The number of urea groups is 1. The van der Waals surface area contributed by atoms with Crippen molar-refractivity contribution in [1.29, 1.82) is 0 Å². The van der Waals surface area contributed by atoms with Crippen molar-refractivity contribution in [3.8, 4) is 0 Å². The largest absolute Gasteiger partial charge is 0.346 e. The molecule has 0 unspecified atom stereocenters. The Morgan fingerprint density at radius 3 is 1.22 bits per heavy atom. The molecule has 12 saturated carbocycles. The number of nitrogens with one attached hydrogen (secondary N) is 2. The molecule has 4 bridgehead atoms. The van der Waals surface area contributed by atoms with E-state index in [1.54, 1.807) is 0 Å². The van der Waals surface area contributed by atoms with E-state index < -0.39 is 11.6 Å². The maximum absolute atomic E-state index is 13.4. The highest BCUT2D eigenvalue weighted by Crippen LogP contribution is 3.02. The molecule has 2 heterocycles. The average Bonchev–Trinajstić information content (AvgIpc) is 3.52. The Morgan fingerprint density at radius 2 is 0.875 bits per heavy atom. The molecule has 2 aliphatic heterocycles. The first kappa shape index (κ1) is 16.7. The molecule has 14 aliphatic rings. The van der Waals surface area contributed by atoms with E-state index in [0.717, 1.165) is 0 Å². The van der Waals surface area contributed by atoms with Crippen molar-refractivity contribution in [2.24, 2.45) is 71.0 Å². The van der Waals surface area contributed by atoms with E-state index in [9.17, 15) is 4.79 Å². The number of hydrogen-bond acceptors (Lipinski definition) is 5. The summed E-state index contributed by atoms with van der Waals surface area (Å²) in [4.78, 5) is 13.4. The summed E-state index contributed by atoms with van der Waals surface area (Å²) in [5.41, 5.74) is 0.0368. The van der Waals surface area contributed by atoms with E-state index in [0.29, 0.717) is 97.4 Å². The van der Waals surface area contributed by atoms with Gasteiger partial charge in [0, 0.05) is 11.8 Å². The van der Waals surface area contributed by atoms with Crippen LogP contribution in [0, 0.1) is 71.0 Å². The summed E-state index contributed by atoms with van der Waals surface area (Å²) in [6, 6.07) is 0.0771. The molecule has 168 valence electrons. The first-order valence-corrected chi connectivity index (χ1v) is 14.1. The molecular weight excluding hydrogens is 544 g/mol. The van der Waals surface area contributed by atoms with Crippen LogP contribution in [0.1, 0.15) is 0 Å². The summed E-state index contributed by atoms with van der Waals surface area (Å²) in [6.45, 7) is 2.81. The van der Waals surface area contributed by atoms with Crippen molar-refractivity contribution in [2.45, 2.75) is 31.3 Å². The van der Waals surface area contributed by atoms with Gasteiger partial charge in [-0.2, -0.15) is 0 Å². The Kier molecular flexibility index (Phi) is 2.02. The Bertz CT molecular complexity index is 1020. The number of halogens is 2. The monoisotopic (exact) mass is 564 g/mol. The fourth-order valence-corrected chi connectivity index (χ4v) is 17.4. The lowest BCUT2D eigenvalue weighted by Crippen LogP contribution is -3.02. The zero-order valence-electron chi connectivity index (χ0n) is 17.1. The van der Waals surface area contributed by atoms with Crippen LogP contribution in [0.5, 0.6) is 0 Å². The Balaban J connectivity index is 0.850. The van der Waals surface area contributed by atoms with E-state index in [1.165, 1.54) is 0 Å². The zero-order chi connectivity index (χ0) is 20.6. The van der Waals surface area contributed by atoms with E-state index in [2.05, 4.69) is 42.5 Å². The standard InChI is InChI=1S/C23H22Br2N2O5/c24-20-11-5-12(20)8-15(22(20)29-1-2-30-22)7(11)18(5,8)26-17(28)27-19-6-13-9(19)16-10(19)14(6)21(13,25)23(16)31-3-4-32-23/h5-16H,1-4H2,(H2,26,27,28)/t5?,6?,7-,8-,9-,10-,11-,12-,13-,14-,15?,16?,18?,19?,20?,21?/m0/s1. The maximum atomic E-state index is 13.4. The van der Waals surface area contributed by atoms with Gasteiger partial charge in [-0.3, -0.25) is 0 Å². The fraction of sp³-hybridized carbons (Fsp3) is 0.957. The lowest BCUT2D eigenvalue weighted by Gasteiger charge is -2.92. The van der Waals surface area contributed by atoms with Crippen LogP contribution in [0.3, 0.4) is 0 Å². The van der Waals surface area contributed by atoms with Gasteiger partial charge >= 0.3 is 6.03 Å². The van der Waals surface area contributed by atoms with Crippen molar-refractivity contribution in [3.63, 3.8) is 0 Å². The van der Waals surface area contributed by atoms with Crippen LogP contribution in [0.15, 0.2) is 0 Å². The van der Waals surface area contributed by atoms with E-state index in [1.807, 2.05) is 0 Å². The van der Waals surface area contributed by atoms with E-state index in [-0.39, 0.29) is 25.8 Å².